The van der Waals surface area contributed by atoms with E-state index in [0.29, 0.717) is 6.42 Å². The fourth-order valence-corrected chi connectivity index (χ4v) is 2.65. The van der Waals surface area contributed by atoms with Crippen molar-refractivity contribution in [2.75, 3.05) is 44.7 Å². The second-order valence-corrected chi connectivity index (χ2v) is 5.47. The average Bonchev–Trinajstić information content (AvgIpc) is 2.39. The zero-order chi connectivity index (χ0) is 13.0. The van der Waals surface area contributed by atoms with Crippen LogP contribution in [-0.2, 0) is 0 Å². The maximum absolute atomic E-state index is 8.71. The molecule has 0 spiro atoms. The number of nitriles is 1. The number of benzene rings is 1. The summed E-state index contributed by atoms with van der Waals surface area (Å²) in [5, 5.41) is 8.71. The van der Waals surface area contributed by atoms with E-state index < -0.39 is 0 Å². The molecule has 0 aromatic heterocycles. The third-order valence-corrected chi connectivity index (χ3v) is 4.04. The molecule has 4 heteroatoms. The van der Waals surface area contributed by atoms with Gasteiger partial charge >= 0.3 is 0 Å². The largest absolute Gasteiger partial charge is 1.00 e. The van der Waals surface area contributed by atoms with Gasteiger partial charge in [0.2, 0.25) is 0 Å². The molecule has 0 saturated carbocycles. The van der Waals surface area contributed by atoms with E-state index in [0.717, 1.165) is 37.2 Å². The van der Waals surface area contributed by atoms with E-state index in [1.54, 1.807) is 0 Å². The third-order valence-electron chi connectivity index (χ3n) is 4.04. The molecule has 0 atom stereocenters. The molecule has 104 valence electrons. The first-order valence-corrected chi connectivity index (χ1v) is 6.66. The second-order valence-electron chi connectivity index (χ2n) is 5.47. The molecular formula is C15H22IN3. The molecule has 0 unspecified atom stereocenters. The quantitative estimate of drug-likeness (QED) is 0.513. The number of halogens is 1. The number of piperazine rings is 1. The summed E-state index contributed by atoms with van der Waals surface area (Å²) in [7, 11) is 2.27. The van der Waals surface area contributed by atoms with Gasteiger partial charge in [0.05, 0.1) is 52.3 Å². The molecule has 1 aromatic carbocycles. The van der Waals surface area contributed by atoms with Crippen molar-refractivity contribution in [2.24, 2.45) is 0 Å². The van der Waals surface area contributed by atoms with Crippen molar-refractivity contribution in [1.82, 2.24) is 0 Å². The summed E-state index contributed by atoms with van der Waals surface area (Å²) < 4.78 is 1.04. The Morgan fingerprint density at radius 3 is 2.47 bits per heavy atom. The lowest BCUT2D eigenvalue weighted by Gasteiger charge is -2.42. The molecule has 0 bridgehead atoms. The van der Waals surface area contributed by atoms with Crippen molar-refractivity contribution in [3.8, 4) is 6.07 Å². The lowest BCUT2D eigenvalue weighted by molar-refractivity contribution is -0.909. The van der Waals surface area contributed by atoms with Crippen LogP contribution in [0, 0.1) is 18.3 Å². The number of hydrogen-bond donors (Lipinski definition) is 0. The van der Waals surface area contributed by atoms with Gasteiger partial charge in [-0.3, -0.25) is 0 Å². The number of nitrogens with zero attached hydrogens (tertiary/aromatic N) is 3. The maximum atomic E-state index is 8.71. The highest BCUT2D eigenvalue weighted by atomic mass is 127. The van der Waals surface area contributed by atoms with E-state index in [1.165, 1.54) is 11.3 Å². The van der Waals surface area contributed by atoms with Crippen LogP contribution in [0.5, 0.6) is 0 Å². The van der Waals surface area contributed by atoms with Gasteiger partial charge in [0.15, 0.2) is 0 Å². The number of likely N-dealkylation sites (N-methyl/N-ethyl adjacent to an activating group) is 1. The van der Waals surface area contributed by atoms with Crippen molar-refractivity contribution in [3.63, 3.8) is 0 Å². The molecule has 2 rings (SSSR count). The van der Waals surface area contributed by atoms with Crippen LogP contribution in [-0.4, -0.2) is 44.3 Å². The summed E-state index contributed by atoms with van der Waals surface area (Å²) in [6, 6.07) is 10.9. The smallest absolute Gasteiger partial charge is 0.0963 e. The monoisotopic (exact) mass is 371 g/mol. The Labute approximate surface area is 133 Å². The van der Waals surface area contributed by atoms with Gasteiger partial charge in [-0.1, -0.05) is 18.2 Å². The van der Waals surface area contributed by atoms with Gasteiger partial charge in [-0.2, -0.15) is 5.26 Å². The van der Waals surface area contributed by atoms with Gasteiger partial charge in [-0.05, 0) is 18.6 Å². The fraction of sp³-hybridized carbons (Fsp3) is 0.533. The third kappa shape index (κ3) is 4.08. The van der Waals surface area contributed by atoms with E-state index in [9.17, 15) is 0 Å². The first-order valence-electron chi connectivity index (χ1n) is 6.66. The average molecular weight is 371 g/mol. The second kappa shape index (κ2) is 7.11. The predicted octanol–water partition coefficient (Wildman–Crippen LogP) is -0.821. The van der Waals surface area contributed by atoms with Crippen molar-refractivity contribution < 1.29 is 28.5 Å². The number of aryl methyl sites for hydroxylation is 1. The van der Waals surface area contributed by atoms with E-state index in [2.05, 4.69) is 49.2 Å². The maximum Gasteiger partial charge on any atom is 0.0963 e. The van der Waals surface area contributed by atoms with Crippen LogP contribution in [0.25, 0.3) is 0 Å². The van der Waals surface area contributed by atoms with Gasteiger partial charge in [0.25, 0.3) is 0 Å². The minimum atomic E-state index is 0. The zero-order valence-corrected chi connectivity index (χ0v) is 13.9. The van der Waals surface area contributed by atoms with Gasteiger partial charge in [0, 0.05) is 5.69 Å². The van der Waals surface area contributed by atoms with Crippen molar-refractivity contribution >= 4 is 5.69 Å². The molecular weight excluding hydrogens is 349 g/mol. The topological polar surface area (TPSA) is 27.0 Å². The molecule has 1 aliphatic rings. The molecule has 3 nitrogen and oxygen atoms in total. The summed E-state index contributed by atoms with van der Waals surface area (Å²) in [5.41, 5.74) is 2.72. The van der Waals surface area contributed by atoms with E-state index in [1.807, 2.05) is 0 Å². The molecule has 1 saturated heterocycles. The molecule has 1 heterocycles. The Hall–Kier alpha value is -0.800. The lowest BCUT2D eigenvalue weighted by atomic mass is 10.1. The fourth-order valence-electron chi connectivity index (χ4n) is 2.65. The first kappa shape index (κ1) is 16.3. The Kier molecular flexibility index (Phi) is 6.08. The first-order chi connectivity index (χ1) is 8.64. The van der Waals surface area contributed by atoms with Crippen LogP contribution in [0.1, 0.15) is 12.0 Å². The van der Waals surface area contributed by atoms with Gasteiger partial charge in [-0.25, -0.2) is 0 Å². The minimum Gasteiger partial charge on any atom is -1.00 e. The molecule has 1 fully saturated rings. The molecule has 1 aliphatic heterocycles. The molecule has 19 heavy (non-hydrogen) atoms. The normalized spacial score (nSPS) is 17.4. The zero-order valence-electron chi connectivity index (χ0n) is 11.8. The summed E-state index contributed by atoms with van der Waals surface area (Å²) in [6.07, 6.45) is 0.668. The number of anilines is 1. The van der Waals surface area contributed by atoms with Crippen molar-refractivity contribution in [2.45, 2.75) is 13.3 Å². The Balaban J connectivity index is 0.00000180. The van der Waals surface area contributed by atoms with E-state index in [4.69, 9.17) is 5.26 Å². The summed E-state index contributed by atoms with van der Waals surface area (Å²) >= 11 is 0. The summed E-state index contributed by atoms with van der Waals surface area (Å²) in [5.74, 6) is 0. The van der Waals surface area contributed by atoms with Gasteiger partial charge in [-0.15, -0.1) is 0 Å². The highest BCUT2D eigenvalue weighted by Crippen LogP contribution is 2.22. The standard InChI is InChI=1S/C15H22N3.HI/c1-14-6-3-4-7-15(14)17-9-12-18(2,13-10-17)11-5-8-16;/h3-4,6-7H,5,9-13H2,1-2H3;1H/q+1;/p-1. The van der Waals surface area contributed by atoms with Crippen molar-refractivity contribution in [1.29, 1.82) is 5.26 Å². The van der Waals surface area contributed by atoms with Crippen LogP contribution in [0.4, 0.5) is 5.69 Å². The van der Waals surface area contributed by atoms with Gasteiger partial charge < -0.3 is 33.4 Å². The lowest BCUT2D eigenvalue weighted by Crippen LogP contribution is -3.00. The Morgan fingerprint density at radius 1 is 1.26 bits per heavy atom. The van der Waals surface area contributed by atoms with Crippen LogP contribution in [0.3, 0.4) is 0 Å². The highest BCUT2D eigenvalue weighted by Gasteiger charge is 2.28. The van der Waals surface area contributed by atoms with Crippen molar-refractivity contribution in [3.05, 3.63) is 29.8 Å². The Bertz CT molecular complexity index is 445. The van der Waals surface area contributed by atoms with Gasteiger partial charge in [0.1, 0.15) is 0 Å². The number of hydrogen-bond acceptors (Lipinski definition) is 2. The minimum absolute atomic E-state index is 0. The molecule has 0 aliphatic carbocycles. The summed E-state index contributed by atoms with van der Waals surface area (Å²) in [6.45, 7) is 7.61. The van der Waals surface area contributed by atoms with E-state index in [-0.39, 0.29) is 24.0 Å². The molecule has 0 N–H and O–H groups in total. The predicted molar refractivity (Wildman–Crippen MR) is 74.4 cm³/mol. The molecule has 1 aromatic rings. The van der Waals surface area contributed by atoms with Crippen LogP contribution in [0.15, 0.2) is 24.3 Å². The Morgan fingerprint density at radius 2 is 1.89 bits per heavy atom. The van der Waals surface area contributed by atoms with Crippen LogP contribution >= 0.6 is 0 Å². The highest BCUT2D eigenvalue weighted by molar-refractivity contribution is 5.53. The molecule has 0 radical (unpaired) electrons. The summed E-state index contributed by atoms with van der Waals surface area (Å²) in [4.78, 5) is 2.47. The molecule has 0 amide bonds. The van der Waals surface area contributed by atoms with Crippen LogP contribution in [0.2, 0.25) is 0 Å². The number of para-hydroxylation sites is 1. The number of rotatable bonds is 3. The SMILES string of the molecule is Cc1ccccc1N1CC[N+](C)(CCC#N)CC1.[I-]. The number of quaternary nitrogens is 1. The van der Waals surface area contributed by atoms with Crippen LogP contribution < -0.4 is 28.9 Å². The van der Waals surface area contributed by atoms with E-state index >= 15 is 0 Å².